The lowest BCUT2D eigenvalue weighted by atomic mass is 9.81. The normalized spacial score (nSPS) is 38.0. The molecule has 2 aliphatic carbocycles. The highest BCUT2D eigenvalue weighted by Crippen LogP contribution is 2.31. The van der Waals surface area contributed by atoms with E-state index >= 15 is 0 Å². The van der Waals surface area contributed by atoms with Crippen LogP contribution >= 0.6 is 0 Å². The van der Waals surface area contributed by atoms with E-state index in [2.05, 4.69) is 17.1 Å². The third kappa shape index (κ3) is 3.98. The Morgan fingerprint density at radius 1 is 1.00 bits per heavy atom. The SMILES string of the molecule is CC1CCCC(CN2CCNC(C3CCCCC3)C2)C1. The summed E-state index contributed by atoms with van der Waals surface area (Å²) in [4.78, 5) is 2.79. The second kappa shape index (κ2) is 7.26. The molecule has 1 heterocycles. The molecular formula is C18H34N2. The van der Waals surface area contributed by atoms with E-state index < -0.39 is 0 Å². The van der Waals surface area contributed by atoms with Crippen molar-refractivity contribution in [2.75, 3.05) is 26.2 Å². The molecule has 2 saturated carbocycles. The van der Waals surface area contributed by atoms with Crippen molar-refractivity contribution in [1.82, 2.24) is 10.2 Å². The second-order valence-corrected chi connectivity index (χ2v) is 7.86. The van der Waals surface area contributed by atoms with Crippen LogP contribution in [0.2, 0.25) is 0 Å². The molecule has 0 aromatic rings. The van der Waals surface area contributed by atoms with Crippen molar-refractivity contribution in [2.45, 2.75) is 70.8 Å². The summed E-state index contributed by atoms with van der Waals surface area (Å²) >= 11 is 0. The van der Waals surface area contributed by atoms with Crippen molar-refractivity contribution in [2.24, 2.45) is 17.8 Å². The monoisotopic (exact) mass is 278 g/mol. The average molecular weight is 278 g/mol. The highest BCUT2D eigenvalue weighted by Gasteiger charge is 2.29. The Hall–Kier alpha value is -0.0800. The molecule has 3 fully saturated rings. The predicted octanol–water partition coefficient (Wildman–Crippen LogP) is 3.67. The maximum atomic E-state index is 3.82. The Morgan fingerprint density at radius 2 is 1.85 bits per heavy atom. The summed E-state index contributed by atoms with van der Waals surface area (Å²) in [6, 6.07) is 0.796. The van der Waals surface area contributed by atoms with Crippen LogP contribution in [0.1, 0.15) is 64.7 Å². The zero-order chi connectivity index (χ0) is 13.8. The molecule has 1 aliphatic heterocycles. The molecule has 1 saturated heterocycles. The van der Waals surface area contributed by atoms with Gasteiger partial charge in [0.2, 0.25) is 0 Å². The van der Waals surface area contributed by atoms with E-state index in [4.69, 9.17) is 0 Å². The van der Waals surface area contributed by atoms with E-state index in [1.54, 1.807) is 0 Å². The van der Waals surface area contributed by atoms with Crippen molar-refractivity contribution in [3.63, 3.8) is 0 Å². The molecule has 3 aliphatic rings. The highest BCUT2D eigenvalue weighted by atomic mass is 15.2. The molecule has 3 unspecified atom stereocenters. The molecule has 20 heavy (non-hydrogen) atoms. The largest absolute Gasteiger partial charge is 0.311 e. The Labute approximate surface area is 125 Å². The summed E-state index contributed by atoms with van der Waals surface area (Å²) in [6.45, 7) is 7.68. The molecule has 116 valence electrons. The van der Waals surface area contributed by atoms with Crippen molar-refractivity contribution in [3.05, 3.63) is 0 Å². The predicted molar refractivity (Wildman–Crippen MR) is 85.9 cm³/mol. The van der Waals surface area contributed by atoms with Gasteiger partial charge in [-0.2, -0.15) is 0 Å². The maximum absolute atomic E-state index is 3.82. The Bertz CT molecular complexity index is 285. The molecule has 0 aromatic carbocycles. The number of nitrogens with zero attached hydrogens (tertiary/aromatic N) is 1. The minimum absolute atomic E-state index is 0.796. The van der Waals surface area contributed by atoms with Gasteiger partial charge in [0.1, 0.15) is 0 Å². The Kier molecular flexibility index (Phi) is 5.39. The maximum Gasteiger partial charge on any atom is 0.0223 e. The van der Waals surface area contributed by atoms with E-state index in [9.17, 15) is 0 Å². The summed E-state index contributed by atoms with van der Waals surface area (Å²) in [7, 11) is 0. The van der Waals surface area contributed by atoms with Gasteiger partial charge in [0.05, 0.1) is 0 Å². The third-order valence-corrected chi connectivity index (χ3v) is 6.07. The van der Waals surface area contributed by atoms with Gasteiger partial charge in [0.15, 0.2) is 0 Å². The van der Waals surface area contributed by atoms with Crippen LogP contribution in [0, 0.1) is 17.8 Å². The highest BCUT2D eigenvalue weighted by molar-refractivity contribution is 4.87. The standard InChI is InChI=1S/C18H34N2/c1-15-6-5-7-16(12-15)13-20-11-10-19-18(14-20)17-8-3-2-4-9-17/h15-19H,2-14H2,1H3. The van der Waals surface area contributed by atoms with Gasteiger partial charge in [-0.3, -0.25) is 0 Å². The number of nitrogens with one attached hydrogen (secondary N) is 1. The molecule has 1 N–H and O–H groups in total. The molecular weight excluding hydrogens is 244 g/mol. The van der Waals surface area contributed by atoms with Crippen LogP contribution in [0.4, 0.5) is 0 Å². The molecule has 0 bridgehead atoms. The van der Waals surface area contributed by atoms with Crippen molar-refractivity contribution in [3.8, 4) is 0 Å². The van der Waals surface area contributed by atoms with Crippen LogP contribution in [-0.4, -0.2) is 37.1 Å². The molecule has 0 radical (unpaired) electrons. The van der Waals surface area contributed by atoms with E-state index in [0.717, 1.165) is 23.8 Å². The first-order valence-electron chi connectivity index (χ1n) is 9.27. The van der Waals surface area contributed by atoms with Gasteiger partial charge in [-0.15, -0.1) is 0 Å². The summed E-state index contributed by atoms with van der Waals surface area (Å²) in [5.41, 5.74) is 0. The molecule has 0 aromatic heterocycles. The molecule has 2 heteroatoms. The zero-order valence-corrected chi connectivity index (χ0v) is 13.4. The summed E-state index contributed by atoms with van der Waals surface area (Å²) in [6.07, 6.45) is 13.3. The molecule has 2 nitrogen and oxygen atoms in total. The number of hydrogen-bond acceptors (Lipinski definition) is 2. The Balaban J connectivity index is 1.47. The van der Waals surface area contributed by atoms with Gasteiger partial charge in [-0.25, -0.2) is 0 Å². The van der Waals surface area contributed by atoms with Gasteiger partial charge in [0.25, 0.3) is 0 Å². The van der Waals surface area contributed by atoms with Crippen molar-refractivity contribution >= 4 is 0 Å². The fraction of sp³-hybridized carbons (Fsp3) is 1.00. The van der Waals surface area contributed by atoms with E-state index in [-0.39, 0.29) is 0 Å². The van der Waals surface area contributed by atoms with E-state index in [0.29, 0.717) is 0 Å². The molecule has 3 atom stereocenters. The molecule has 0 spiro atoms. The molecule has 3 rings (SSSR count). The van der Waals surface area contributed by atoms with Gasteiger partial charge >= 0.3 is 0 Å². The van der Waals surface area contributed by atoms with Crippen LogP contribution in [-0.2, 0) is 0 Å². The second-order valence-electron chi connectivity index (χ2n) is 7.86. The fourth-order valence-corrected chi connectivity index (χ4v) is 4.95. The number of rotatable bonds is 3. The average Bonchev–Trinajstić information content (AvgIpc) is 2.48. The first-order chi connectivity index (χ1) is 9.81. The summed E-state index contributed by atoms with van der Waals surface area (Å²) < 4.78 is 0. The summed E-state index contributed by atoms with van der Waals surface area (Å²) in [5.74, 6) is 2.94. The number of piperazine rings is 1. The smallest absolute Gasteiger partial charge is 0.0223 e. The van der Waals surface area contributed by atoms with Crippen LogP contribution in [0.5, 0.6) is 0 Å². The fourth-order valence-electron chi connectivity index (χ4n) is 4.95. The minimum atomic E-state index is 0.796. The lowest BCUT2D eigenvalue weighted by Gasteiger charge is -2.41. The van der Waals surface area contributed by atoms with Gasteiger partial charge in [0, 0.05) is 32.2 Å². The lowest BCUT2D eigenvalue weighted by Crippen LogP contribution is -2.55. The third-order valence-electron chi connectivity index (χ3n) is 6.07. The molecule has 0 amide bonds. The summed E-state index contributed by atoms with van der Waals surface area (Å²) in [5, 5.41) is 3.82. The minimum Gasteiger partial charge on any atom is -0.311 e. The zero-order valence-electron chi connectivity index (χ0n) is 13.4. The lowest BCUT2D eigenvalue weighted by molar-refractivity contribution is 0.114. The van der Waals surface area contributed by atoms with Gasteiger partial charge in [-0.1, -0.05) is 39.0 Å². The van der Waals surface area contributed by atoms with Gasteiger partial charge < -0.3 is 10.2 Å². The first kappa shape index (κ1) is 14.8. The van der Waals surface area contributed by atoms with E-state index in [1.165, 1.54) is 84.0 Å². The van der Waals surface area contributed by atoms with Crippen LogP contribution in [0.3, 0.4) is 0 Å². The van der Waals surface area contributed by atoms with Gasteiger partial charge in [-0.05, 0) is 43.4 Å². The first-order valence-corrected chi connectivity index (χ1v) is 9.27. The van der Waals surface area contributed by atoms with Crippen molar-refractivity contribution < 1.29 is 0 Å². The van der Waals surface area contributed by atoms with Crippen molar-refractivity contribution in [1.29, 1.82) is 0 Å². The Morgan fingerprint density at radius 3 is 2.65 bits per heavy atom. The quantitative estimate of drug-likeness (QED) is 0.847. The van der Waals surface area contributed by atoms with Crippen LogP contribution in [0.25, 0.3) is 0 Å². The number of hydrogen-bond donors (Lipinski definition) is 1. The topological polar surface area (TPSA) is 15.3 Å². The van der Waals surface area contributed by atoms with Crippen LogP contribution in [0.15, 0.2) is 0 Å². The van der Waals surface area contributed by atoms with E-state index in [1.807, 2.05) is 0 Å². The van der Waals surface area contributed by atoms with Crippen LogP contribution < -0.4 is 5.32 Å².